The van der Waals surface area contributed by atoms with Crippen LogP contribution < -0.4 is 0 Å². The van der Waals surface area contributed by atoms with Crippen molar-refractivity contribution >= 4 is 10.1 Å². The van der Waals surface area contributed by atoms with Crippen molar-refractivity contribution in [3.05, 3.63) is 0 Å². The molecule has 1 rings (SSSR count). The first-order chi connectivity index (χ1) is 5.37. The van der Waals surface area contributed by atoms with Gasteiger partial charge in [0.25, 0.3) is 10.1 Å². The van der Waals surface area contributed by atoms with E-state index < -0.39 is 15.7 Å². The van der Waals surface area contributed by atoms with E-state index in [0.717, 1.165) is 6.26 Å². The van der Waals surface area contributed by atoms with Crippen LogP contribution in [0.5, 0.6) is 0 Å². The van der Waals surface area contributed by atoms with E-state index in [1.807, 2.05) is 0 Å². The van der Waals surface area contributed by atoms with Gasteiger partial charge in [0.1, 0.15) is 11.7 Å². The molecule has 1 saturated heterocycles. The lowest BCUT2D eigenvalue weighted by Crippen LogP contribution is -2.19. The van der Waals surface area contributed by atoms with Gasteiger partial charge in [-0.2, -0.15) is 8.42 Å². The molecule has 72 valence electrons. The zero-order chi connectivity index (χ0) is 9.41. The lowest BCUT2D eigenvalue weighted by molar-refractivity contribution is 0.183. The number of aliphatic hydroxyl groups is 1. The van der Waals surface area contributed by atoms with E-state index in [1.54, 1.807) is 6.92 Å². The maximum Gasteiger partial charge on any atom is 0.264 e. The monoisotopic (exact) mass is 196 g/mol. The third-order valence-corrected chi connectivity index (χ3v) is 2.35. The molecule has 0 aromatic rings. The standard InChI is InChI=1S/C6H12O5S/c1-6(4-7)5(11-6)3-10-12(2,8)9/h5,7H,3-4H2,1-2H3. The average molecular weight is 196 g/mol. The number of hydrogen-bond acceptors (Lipinski definition) is 5. The first-order valence-corrected chi connectivity index (χ1v) is 5.32. The van der Waals surface area contributed by atoms with Gasteiger partial charge in [0.15, 0.2) is 0 Å². The molecule has 1 aliphatic heterocycles. The van der Waals surface area contributed by atoms with Gasteiger partial charge in [0.2, 0.25) is 0 Å². The molecule has 0 amide bonds. The van der Waals surface area contributed by atoms with E-state index in [9.17, 15) is 8.42 Å². The molecule has 12 heavy (non-hydrogen) atoms. The number of ether oxygens (including phenoxy) is 1. The highest BCUT2D eigenvalue weighted by Gasteiger charge is 2.52. The van der Waals surface area contributed by atoms with Gasteiger partial charge in [0, 0.05) is 0 Å². The molecule has 1 heterocycles. The zero-order valence-electron chi connectivity index (χ0n) is 6.98. The molecule has 1 N–H and O–H groups in total. The molecule has 5 nitrogen and oxygen atoms in total. The van der Waals surface area contributed by atoms with Crippen molar-refractivity contribution in [3.8, 4) is 0 Å². The second kappa shape index (κ2) is 2.95. The van der Waals surface area contributed by atoms with Crippen LogP contribution in [0, 0.1) is 0 Å². The molecule has 0 aliphatic carbocycles. The summed E-state index contributed by atoms with van der Waals surface area (Å²) < 4.78 is 30.5. The number of epoxide rings is 1. The molecule has 1 aliphatic rings. The Morgan fingerprint density at radius 2 is 2.25 bits per heavy atom. The van der Waals surface area contributed by atoms with E-state index in [4.69, 9.17) is 9.84 Å². The first-order valence-electron chi connectivity index (χ1n) is 3.50. The van der Waals surface area contributed by atoms with Gasteiger partial charge in [-0.1, -0.05) is 0 Å². The minimum absolute atomic E-state index is 0.0180. The van der Waals surface area contributed by atoms with Crippen LogP contribution in [0.2, 0.25) is 0 Å². The van der Waals surface area contributed by atoms with Gasteiger partial charge in [-0.25, -0.2) is 0 Å². The maximum absolute atomic E-state index is 10.5. The Hall–Kier alpha value is -0.170. The van der Waals surface area contributed by atoms with Crippen molar-refractivity contribution in [1.82, 2.24) is 0 Å². The van der Waals surface area contributed by atoms with Gasteiger partial charge in [0.05, 0.1) is 19.5 Å². The van der Waals surface area contributed by atoms with E-state index >= 15 is 0 Å². The minimum atomic E-state index is -3.40. The third-order valence-electron chi connectivity index (χ3n) is 1.78. The molecule has 0 aromatic heterocycles. The topological polar surface area (TPSA) is 76.1 Å². The van der Waals surface area contributed by atoms with Crippen molar-refractivity contribution in [2.24, 2.45) is 0 Å². The van der Waals surface area contributed by atoms with Gasteiger partial charge in [-0.15, -0.1) is 0 Å². The SMILES string of the molecule is CC1(CO)OC1COS(C)(=O)=O. The molecule has 1 fully saturated rings. The van der Waals surface area contributed by atoms with Crippen LogP contribution in [0.15, 0.2) is 0 Å². The molecular formula is C6H12O5S. The highest BCUT2D eigenvalue weighted by molar-refractivity contribution is 7.85. The highest BCUT2D eigenvalue weighted by Crippen LogP contribution is 2.35. The van der Waals surface area contributed by atoms with Crippen molar-refractivity contribution in [3.63, 3.8) is 0 Å². The summed E-state index contributed by atoms with van der Waals surface area (Å²) in [5.41, 5.74) is -0.606. The first kappa shape index (κ1) is 9.91. The second-order valence-electron chi connectivity index (χ2n) is 3.07. The Bertz CT molecular complexity index is 259. The van der Waals surface area contributed by atoms with Crippen molar-refractivity contribution < 1.29 is 22.4 Å². The number of aliphatic hydroxyl groups excluding tert-OH is 1. The molecular weight excluding hydrogens is 184 g/mol. The van der Waals surface area contributed by atoms with Crippen LogP contribution in [0.3, 0.4) is 0 Å². The molecule has 0 spiro atoms. The van der Waals surface area contributed by atoms with Crippen LogP contribution in [0.1, 0.15) is 6.92 Å². The fourth-order valence-corrected chi connectivity index (χ4v) is 1.20. The number of hydrogen-bond donors (Lipinski definition) is 1. The normalized spacial score (nSPS) is 35.1. The summed E-state index contributed by atoms with van der Waals surface area (Å²) in [6.07, 6.45) is 0.670. The highest BCUT2D eigenvalue weighted by atomic mass is 32.2. The van der Waals surface area contributed by atoms with Crippen LogP contribution >= 0.6 is 0 Å². The quantitative estimate of drug-likeness (QED) is 0.466. The third kappa shape index (κ3) is 2.41. The Morgan fingerprint density at radius 1 is 1.67 bits per heavy atom. The van der Waals surface area contributed by atoms with Gasteiger partial charge in [-0.3, -0.25) is 4.18 Å². The fourth-order valence-electron chi connectivity index (χ4n) is 0.826. The van der Waals surface area contributed by atoms with Crippen LogP contribution in [-0.2, 0) is 19.0 Å². The Labute approximate surface area is 71.4 Å². The molecule has 2 unspecified atom stereocenters. The summed E-state index contributed by atoms with van der Waals surface area (Å²) in [5.74, 6) is 0. The summed E-state index contributed by atoms with van der Waals surface area (Å²) >= 11 is 0. The molecule has 0 saturated carbocycles. The van der Waals surface area contributed by atoms with E-state index in [1.165, 1.54) is 0 Å². The Morgan fingerprint density at radius 3 is 2.58 bits per heavy atom. The largest absolute Gasteiger partial charge is 0.393 e. The van der Waals surface area contributed by atoms with Crippen LogP contribution in [-0.4, -0.2) is 44.7 Å². The Kier molecular flexibility index (Phi) is 2.44. The van der Waals surface area contributed by atoms with Gasteiger partial charge >= 0.3 is 0 Å². The van der Waals surface area contributed by atoms with Gasteiger partial charge in [-0.05, 0) is 6.92 Å². The fraction of sp³-hybridized carbons (Fsp3) is 1.00. The maximum atomic E-state index is 10.5. The summed E-state index contributed by atoms with van der Waals surface area (Å²) in [4.78, 5) is 0. The number of rotatable bonds is 4. The lowest BCUT2D eigenvalue weighted by atomic mass is 10.1. The lowest BCUT2D eigenvalue weighted by Gasteiger charge is -2.00. The zero-order valence-corrected chi connectivity index (χ0v) is 7.80. The Balaban J connectivity index is 2.29. The summed E-state index contributed by atoms with van der Waals surface area (Å²) in [5, 5.41) is 8.74. The second-order valence-corrected chi connectivity index (χ2v) is 4.71. The van der Waals surface area contributed by atoms with Crippen molar-refractivity contribution in [1.29, 1.82) is 0 Å². The van der Waals surface area contributed by atoms with E-state index in [0.29, 0.717) is 0 Å². The van der Waals surface area contributed by atoms with E-state index in [2.05, 4.69) is 4.18 Å². The van der Waals surface area contributed by atoms with Gasteiger partial charge < -0.3 is 9.84 Å². The summed E-state index contributed by atoms with van der Waals surface area (Å²) in [6, 6.07) is 0. The predicted octanol–water partition coefficient (Wildman–Crippen LogP) is -0.888. The minimum Gasteiger partial charge on any atom is -0.393 e. The predicted molar refractivity (Wildman–Crippen MR) is 41.2 cm³/mol. The van der Waals surface area contributed by atoms with E-state index in [-0.39, 0.29) is 19.3 Å². The van der Waals surface area contributed by atoms with Crippen LogP contribution in [0.4, 0.5) is 0 Å². The van der Waals surface area contributed by atoms with Crippen molar-refractivity contribution in [2.75, 3.05) is 19.5 Å². The summed E-state index contributed by atoms with van der Waals surface area (Å²) in [7, 11) is -3.40. The molecule has 2 atom stereocenters. The molecule has 6 heteroatoms. The molecule has 0 bridgehead atoms. The molecule has 0 radical (unpaired) electrons. The average Bonchev–Trinajstić information content (AvgIpc) is 2.58. The smallest absolute Gasteiger partial charge is 0.264 e. The van der Waals surface area contributed by atoms with Crippen LogP contribution in [0.25, 0.3) is 0 Å². The molecule has 0 aromatic carbocycles. The summed E-state index contributed by atoms with van der Waals surface area (Å²) in [6.45, 7) is 1.56. The van der Waals surface area contributed by atoms with Crippen molar-refractivity contribution in [2.45, 2.75) is 18.6 Å².